The molecule has 124 valence electrons. The van der Waals surface area contributed by atoms with Crippen molar-refractivity contribution in [3.8, 4) is 0 Å². The van der Waals surface area contributed by atoms with Gasteiger partial charge in [0.2, 0.25) is 0 Å². The highest BCUT2D eigenvalue weighted by Crippen LogP contribution is 2.39. The first-order valence-electron chi connectivity index (χ1n) is 8.67. The van der Waals surface area contributed by atoms with Gasteiger partial charge in [0.1, 0.15) is 6.29 Å². The van der Waals surface area contributed by atoms with E-state index < -0.39 is 0 Å². The van der Waals surface area contributed by atoms with Crippen LogP contribution in [0.25, 0.3) is 6.08 Å². The third-order valence-corrected chi connectivity index (χ3v) is 6.37. The van der Waals surface area contributed by atoms with Gasteiger partial charge >= 0.3 is 0 Å². The van der Waals surface area contributed by atoms with E-state index in [1.807, 2.05) is 29.2 Å². The Morgan fingerprint density at radius 2 is 1.59 bits per heavy atom. The average molecular weight is 339 g/mol. The van der Waals surface area contributed by atoms with Gasteiger partial charge in [-0.25, -0.2) is 0 Å². The van der Waals surface area contributed by atoms with Crippen molar-refractivity contribution in [1.29, 1.82) is 0 Å². The number of carbonyl (C=O) groups excluding carboxylic acids is 1. The summed E-state index contributed by atoms with van der Waals surface area (Å²) >= 11 is 3.91. The maximum atomic E-state index is 10.7. The molecule has 1 aromatic rings. The first kappa shape index (κ1) is 19.5. The van der Waals surface area contributed by atoms with Gasteiger partial charge in [-0.3, -0.25) is 4.79 Å². The third-order valence-electron chi connectivity index (χ3n) is 3.73. The first-order chi connectivity index (χ1) is 10.8. The minimum Gasteiger partial charge on any atom is -0.299 e. The Bertz CT molecular complexity index is 460. The molecule has 22 heavy (non-hydrogen) atoms. The molecule has 3 heteroatoms. The number of hydrogen-bond acceptors (Lipinski definition) is 3. The van der Waals surface area contributed by atoms with Gasteiger partial charge in [-0.2, -0.15) is 0 Å². The minimum absolute atomic E-state index is 0.888. The lowest BCUT2D eigenvalue weighted by atomic mass is 10.0. The Morgan fingerprint density at radius 1 is 0.955 bits per heavy atom. The molecular weight excluding hydrogens is 308 g/mol. The molecule has 1 rings (SSSR count). The summed E-state index contributed by atoms with van der Waals surface area (Å²) in [6.07, 6.45) is 14.4. The summed E-state index contributed by atoms with van der Waals surface area (Å²) in [4.78, 5) is 12.0. The van der Waals surface area contributed by atoms with E-state index in [1.54, 1.807) is 11.6 Å². The van der Waals surface area contributed by atoms with E-state index in [9.17, 15) is 4.79 Å². The second-order valence-electron chi connectivity index (χ2n) is 5.62. The normalized spacial score (nSPS) is 11.4. The number of thioether (sulfide) groups is 1. The van der Waals surface area contributed by atoms with Crippen molar-refractivity contribution in [3.63, 3.8) is 0 Å². The van der Waals surface area contributed by atoms with Crippen molar-refractivity contribution in [2.45, 2.75) is 76.3 Å². The standard InChI is InChI=1S/C19H30OS2/c1-4-7-11-16-17(12-8-5-2)19(21-15-9-6-3)22-18(16)13-10-14-20/h10,13-14H,4-9,11-12,15H2,1-3H3/b13-10+. The predicted molar refractivity (Wildman–Crippen MR) is 102 cm³/mol. The van der Waals surface area contributed by atoms with Crippen molar-refractivity contribution >= 4 is 35.5 Å². The number of unbranched alkanes of at least 4 members (excludes halogenated alkanes) is 3. The highest BCUT2D eigenvalue weighted by molar-refractivity contribution is 8.01. The van der Waals surface area contributed by atoms with Crippen LogP contribution in [0.1, 0.15) is 75.3 Å². The second-order valence-corrected chi connectivity index (χ2v) is 8.03. The maximum absolute atomic E-state index is 10.7. The number of thiophene rings is 1. The van der Waals surface area contributed by atoms with Crippen LogP contribution < -0.4 is 0 Å². The summed E-state index contributed by atoms with van der Waals surface area (Å²) in [5, 5.41) is 0. The van der Waals surface area contributed by atoms with E-state index in [-0.39, 0.29) is 0 Å². The van der Waals surface area contributed by atoms with Gasteiger partial charge in [-0.05, 0) is 61.1 Å². The van der Waals surface area contributed by atoms with Crippen LogP contribution in [0.5, 0.6) is 0 Å². The number of allylic oxidation sites excluding steroid dienone is 1. The Morgan fingerprint density at radius 3 is 2.18 bits per heavy atom. The lowest BCUT2D eigenvalue weighted by Crippen LogP contribution is -1.94. The number of aldehydes is 1. The molecule has 0 aromatic carbocycles. The molecule has 1 aromatic heterocycles. The highest BCUT2D eigenvalue weighted by atomic mass is 32.2. The smallest absolute Gasteiger partial charge is 0.142 e. The van der Waals surface area contributed by atoms with E-state index in [4.69, 9.17) is 0 Å². The van der Waals surface area contributed by atoms with E-state index in [2.05, 4.69) is 20.8 Å². The second kappa shape index (κ2) is 12.0. The van der Waals surface area contributed by atoms with Crippen LogP contribution in [0.15, 0.2) is 10.3 Å². The molecule has 1 nitrogen and oxygen atoms in total. The van der Waals surface area contributed by atoms with E-state index in [0.29, 0.717) is 0 Å². The largest absolute Gasteiger partial charge is 0.299 e. The van der Waals surface area contributed by atoms with Crippen LogP contribution in [0.3, 0.4) is 0 Å². The van der Waals surface area contributed by atoms with Crippen molar-refractivity contribution in [2.75, 3.05) is 5.75 Å². The van der Waals surface area contributed by atoms with Gasteiger partial charge < -0.3 is 0 Å². The Kier molecular flexibility index (Phi) is 10.6. The van der Waals surface area contributed by atoms with E-state index in [0.717, 1.165) is 12.7 Å². The summed E-state index contributed by atoms with van der Waals surface area (Å²) in [5.41, 5.74) is 3.09. The fourth-order valence-corrected chi connectivity index (χ4v) is 5.23. The van der Waals surface area contributed by atoms with Crippen molar-refractivity contribution in [1.82, 2.24) is 0 Å². The van der Waals surface area contributed by atoms with Crippen molar-refractivity contribution in [2.24, 2.45) is 0 Å². The zero-order valence-electron chi connectivity index (χ0n) is 14.3. The molecule has 0 bridgehead atoms. The Labute approximate surface area is 144 Å². The molecule has 0 aliphatic rings. The fraction of sp³-hybridized carbons (Fsp3) is 0.632. The lowest BCUT2D eigenvalue weighted by molar-refractivity contribution is -0.104. The summed E-state index contributed by atoms with van der Waals surface area (Å²) in [6, 6.07) is 0. The maximum Gasteiger partial charge on any atom is 0.142 e. The molecule has 0 saturated carbocycles. The van der Waals surface area contributed by atoms with E-state index in [1.165, 1.54) is 65.3 Å². The zero-order chi connectivity index (χ0) is 16.2. The molecule has 0 saturated heterocycles. The predicted octanol–water partition coefficient (Wildman–Crippen LogP) is 6.54. The van der Waals surface area contributed by atoms with Gasteiger partial charge in [-0.15, -0.1) is 23.1 Å². The summed E-state index contributed by atoms with van der Waals surface area (Å²) in [6.45, 7) is 6.75. The molecular formula is C19H30OS2. The molecule has 0 amide bonds. The highest BCUT2D eigenvalue weighted by Gasteiger charge is 2.16. The van der Waals surface area contributed by atoms with Gasteiger partial charge in [0.05, 0.1) is 4.21 Å². The summed E-state index contributed by atoms with van der Waals surface area (Å²) in [5.74, 6) is 1.21. The SMILES string of the molecule is CCCCSc1sc(/C=C/C=O)c(CCCC)c1CCCC. The Balaban J connectivity index is 3.06. The lowest BCUT2D eigenvalue weighted by Gasteiger charge is -2.07. The topological polar surface area (TPSA) is 17.1 Å². The van der Waals surface area contributed by atoms with Gasteiger partial charge in [0.15, 0.2) is 0 Å². The fourth-order valence-electron chi connectivity index (χ4n) is 2.42. The molecule has 0 fully saturated rings. The van der Waals surface area contributed by atoms with Crippen LogP contribution in [0, 0.1) is 0 Å². The number of carbonyl (C=O) groups is 1. The molecule has 0 aliphatic carbocycles. The minimum atomic E-state index is 0.888. The summed E-state index contributed by atoms with van der Waals surface area (Å²) < 4.78 is 1.50. The number of rotatable bonds is 12. The van der Waals surface area contributed by atoms with Crippen LogP contribution in [0.2, 0.25) is 0 Å². The molecule has 1 heterocycles. The van der Waals surface area contributed by atoms with Gasteiger partial charge in [-0.1, -0.05) is 40.0 Å². The van der Waals surface area contributed by atoms with Crippen LogP contribution in [-0.2, 0) is 17.6 Å². The zero-order valence-corrected chi connectivity index (χ0v) is 16.0. The molecule has 0 aliphatic heterocycles. The molecule has 0 atom stereocenters. The van der Waals surface area contributed by atoms with Crippen molar-refractivity contribution < 1.29 is 4.79 Å². The first-order valence-corrected chi connectivity index (χ1v) is 10.5. The van der Waals surface area contributed by atoms with E-state index >= 15 is 0 Å². The molecule has 0 radical (unpaired) electrons. The molecule has 0 N–H and O–H groups in total. The van der Waals surface area contributed by atoms with Crippen molar-refractivity contribution in [3.05, 3.63) is 22.1 Å². The van der Waals surface area contributed by atoms with Gasteiger partial charge in [0.25, 0.3) is 0 Å². The quantitative estimate of drug-likeness (QED) is 0.186. The molecule has 0 unspecified atom stereocenters. The summed E-state index contributed by atoms with van der Waals surface area (Å²) in [7, 11) is 0. The van der Waals surface area contributed by atoms with Crippen LogP contribution in [0.4, 0.5) is 0 Å². The van der Waals surface area contributed by atoms with Crippen LogP contribution in [-0.4, -0.2) is 12.0 Å². The monoisotopic (exact) mass is 338 g/mol. The molecule has 0 spiro atoms. The average Bonchev–Trinajstić information content (AvgIpc) is 2.86. The number of hydrogen-bond donors (Lipinski definition) is 0. The Hall–Kier alpha value is -0.540. The van der Waals surface area contributed by atoms with Gasteiger partial charge in [0, 0.05) is 4.88 Å². The third kappa shape index (κ3) is 6.29. The van der Waals surface area contributed by atoms with Crippen LogP contribution >= 0.6 is 23.1 Å².